The molecule has 0 amide bonds. The fourth-order valence-corrected chi connectivity index (χ4v) is 0.968. The molecule has 6 nitrogen and oxygen atoms in total. The molecule has 0 spiro atoms. The monoisotopic (exact) mass is 211 g/mol. The molecule has 1 heterocycles. The highest BCUT2D eigenvalue weighted by atomic mass is 16.5. The number of ether oxygens (including phenoxy) is 1. The Morgan fingerprint density at radius 3 is 2.60 bits per heavy atom. The van der Waals surface area contributed by atoms with Crippen LogP contribution >= 0.6 is 0 Å². The number of pyridine rings is 1. The van der Waals surface area contributed by atoms with Crippen molar-refractivity contribution >= 4 is 11.9 Å². The summed E-state index contributed by atoms with van der Waals surface area (Å²) in [6.45, 7) is 1.76. The summed E-state index contributed by atoms with van der Waals surface area (Å²) in [7, 11) is 0. The fourth-order valence-electron chi connectivity index (χ4n) is 0.968. The summed E-state index contributed by atoms with van der Waals surface area (Å²) in [6, 6.07) is 2.26. The normalized spacial score (nSPS) is 9.67. The van der Waals surface area contributed by atoms with E-state index in [0.717, 1.165) is 12.1 Å². The van der Waals surface area contributed by atoms with Gasteiger partial charge in [0.15, 0.2) is 0 Å². The van der Waals surface area contributed by atoms with Gasteiger partial charge in [0.2, 0.25) is 0 Å². The maximum atomic E-state index is 11.2. The number of aromatic amines is 1. The van der Waals surface area contributed by atoms with Gasteiger partial charge in [-0.3, -0.25) is 4.79 Å². The van der Waals surface area contributed by atoms with Crippen molar-refractivity contribution in [3.05, 3.63) is 33.7 Å². The Kier molecular flexibility index (Phi) is 3.22. The SMILES string of the molecule is CCOC(=O)c1ccc(C(=O)O)[nH]c1=O. The Balaban J connectivity index is 3.09. The van der Waals surface area contributed by atoms with Crippen molar-refractivity contribution in [1.29, 1.82) is 0 Å². The minimum atomic E-state index is -1.26. The Morgan fingerprint density at radius 1 is 1.47 bits per heavy atom. The highest BCUT2D eigenvalue weighted by molar-refractivity contribution is 5.90. The molecule has 0 aliphatic heterocycles. The van der Waals surface area contributed by atoms with Gasteiger partial charge in [-0.05, 0) is 19.1 Å². The number of carbonyl (C=O) groups is 2. The van der Waals surface area contributed by atoms with Crippen LogP contribution in [0.25, 0.3) is 0 Å². The molecule has 1 aromatic rings. The third-order valence-electron chi connectivity index (χ3n) is 1.64. The van der Waals surface area contributed by atoms with Crippen LogP contribution < -0.4 is 5.56 Å². The van der Waals surface area contributed by atoms with Gasteiger partial charge in [0.25, 0.3) is 5.56 Å². The molecule has 0 aromatic carbocycles. The van der Waals surface area contributed by atoms with Crippen LogP contribution in [0.2, 0.25) is 0 Å². The van der Waals surface area contributed by atoms with E-state index >= 15 is 0 Å². The predicted molar refractivity (Wildman–Crippen MR) is 50.0 cm³/mol. The van der Waals surface area contributed by atoms with Gasteiger partial charge in [0.05, 0.1) is 6.61 Å². The number of esters is 1. The maximum Gasteiger partial charge on any atom is 0.352 e. The molecule has 1 rings (SSSR count). The Bertz CT molecular complexity index is 448. The highest BCUT2D eigenvalue weighted by Gasteiger charge is 2.13. The summed E-state index contributed by atoms with van der Waals surface area (Å²) in [5, 5.41) is 8.56. The molecule has 0 fully saturated rings. The lowest BCUT2D eigenvalue weighted by molar-refractivity contribution is 0.0522. The molecule has 80 valence electrons. The quantitative estimate of drug-likeness (QED) is 0.698. The molecule has 0 aliphatic carbocycles. The fraction of sp³-hybridized carbons (Fsp3) is 0.222. The predicted octanol–water partition coefficient (Wildman–Crippen LogP) is 0.250. The molecule has 0 saturated carbocycles. The minimum Gasteiger partial charge on any atom is -0.477 e. The smallest absolute Gasteiger partial charge is 0.352 e. The molecule has 2 N–H and O–H groups in total. The van der Waals surface area contributed by atoms with Crippen molar-refractivity contribution in [3.63, 3.8) is 0 Å². The molecule has 0 aliphatic rings. The first-order valence-corrected chi connectivity index (χ1v) is 4.20. The van der Waals surface area contributed by atoms with E-state index in [4.69, 9.17) is 5.11 Å². The third-order valence-corrected chi connectivity index (χ3v) is 1.64. The number of aromatic carboxylic acids is 1. The topological polar surface area (TPSA) is 96.5 Å². The lowest BCUT2D eigenvalue weighted by Crippen LogP contribution is -2.21. The van der Waals surface area contributed by atoms with Crippen LogP contribution in [0.15, 0.2) is 16.9 Å². The van der Waals surface area contributed by atoms with Crippen molar-refractivity contribution < 1.29 is 19.4 Å². The summed E-state index contributed by atoms with van der Waals surface area (Å²) in [5.41, 5.74) is -1.25. The number of rotatable bonds is 3. The molecule has 0 radical (unpaired) electrons. The molecule has 15 heavy (non-hydrogen) atoms. The van der Waals surface area contributed by atoms with Crippen LogP contribution in [-0.2, 0) is 4.74 Å². The van der Waals surface area contributed by atoms with Crippen LogP contribution in [0, 0.1) is 0 Å². The summed E-state index contributed by atoms with van der Waals surface area (Å²) in [6.07, 6.45) is 0. The van der Waals surface area contributed by atoms with E-state index in [0.29, 0.717) is 0 Å². The van der Waals surface area contributed by atoms with Gasteiger partial charge in [-0.2, -0.15) is 0 Å². The summed E-state index contributed by atoms with van der Waals surface area (Å²) < 4.78 is 4.60. The average Bonchev–Trinajstić information content (AvgIpc) is 2.17. The molecular formula is C9H9NO5. The Labute approximate surface area is 84.5 Å². The molecule has 1 aromatic heterocycles. The third kappa shape index (κ3) is 2.43. The van der Waals surface area contributed by atoms with Gasteiger partial charge in [0, 0.05) is 0 Å². The first-order valence-electron chi connectivity index (χ1n) is 4.20. The Hall–Kier alpha value is -2.11. The van der Waals surface area contributed by atoms with Gasteiger partial charge in [-0.15, -0.1) is 0 Å². The number of H-pyrrole nitrogens is 1. The van der Waals surface area contributed by atoms with E-state index in [9.17, 15) is 14.4 Å². The number of hydrogen-bond donors (Lipinski definition) is 2. The van der Waals surface area contributed by atoms with E-state index in [1.165, 1.54) is 0 Å². The van der Waals surface area contributed by atoms with Crippen molar-refractivity contribution in [2.75, 3.05) is 6.61 Å². The standard InChI is InChI=1S/C9H9NO5/c1-2-15-9(14)5-3-4-6(8(12)13)10-7(5)11/h3-4H,2H2,1H3,(H,10,11)(H,12,13). The van der Waals surface area contributed by atoms with Gasteiger partial charge in [-0.25, -0.2) is 9.59 Å². The number of carboxylic acids is 1. The molecule has 0 unspecified atom stereocenters. The van der Waals surface area contributed by atoms with E-state index < -0.39 is 17.5 Å². The average molecular weight is 211 g/mol. The van der Waals surface area contributed by atoms with Gasteiger partial charge >= 0.3 is 11.9 Å². The first kappa shape index (κ1) is 11.0. The lowest BCUT2D eigenvalue weighted by Gasteiger charge is -2.00. The number of aromatic nitrogens is 1. The summed E-state index contributed by atoms with van der Waals surface area (Å²) >= 11 is 0. The molecule has 6 heteroatoms. The van der Waals surface area contributed by atoms with E-state index in [1.807, 2.05) is 0 Å². The second kappa shape index (κ2) is 4.41. The van der Waals surface area contributed by atoms with Crippen molar-refractivity contribution in [3.8, 4) is 0 Å². The molecule has 0 bridgehead atoms. The van der Waals surface area contributed by atoms with Crippen LogP contribution in [0.3, 0.4) is 0 Å². The number of nitrogens with one attached hydrogen (secondary N) is 1. The number of carbonyl (C=O) groups excluding carboxylic acids is 1. The largest absolute Gasteiger partial charge is 0.477 e. The Morgan fingerprint density at radius 2 is 2.13 bits per heavy atom. The van der Waals surface area contributed by atoms with E-state index in [-0.39, 0.29) is 17.9 Å². The lowest BCUT2D eigenvalue weighted by atomic mass is 10.2. The molecular weight excluding hydrogens is 202 g/mol. The second-order valence-corrected chi connectivity index (χ2v) is 2.64. The minimum absolute atomic E-state index is 0.152. The number of carboxylic acid groups (broad SMARTS) is 1. The molecule has 0 saturated heterocycles. The van der Waals surface area contributed by atoms with Crippen molar-refractivity contribution in [2.24, 2.45) is 0 Å². The maximum absolute atomic E-state index is 11.2. The summed E-state index contributed by atoms with van der Waals surface area (Å²) in [4.78, 5) is 34.9. The zero-order valence-corrected chi connectivity index (χ0v) is 7.94. The van der Waals surface area contributed by atoms with E-state index in [1.54, 1.807) is 6.92 Å². The van der Waals surface area contributed by atoms with Crippen LogP contribution in [0.1, 0.15) is 27.8 Å². The van der Waals surface area contributed by atoms with Crippen molar-refractivity contribution in [1.82, 2.24) is 4.98 Å². The van der Waals surface area contributed by atoms with Gasteiger partial charge in [-0.1, -0.05) is 0 Å². The zero-order valence-electron chi connectivity index (χ0n) is 7.94. The van der Waals surface area contributed by atoms with Gasteiger partial charge < -0.3 is 14.8 Å². The first-order chi connectivity index (χ1) is 7.06. The molecule has 0 atom stereocenters. The zero-order chi connectivity index (χ0) is 11.4. The highest BCUT2D eigenvalue weighted by Crippen LogP contribution is 1.97. The summed E-state index contributed by atoms with van der Waals surface area (Å²) in [5.74, 6) is -2.03. The van der Waals surface area contributed by atoms with Gasteiger partial charge in [0.1, 0.15) is 11.3 Å². The second-order valence-electron chi connectivity index (χ2n) is 2.64. The van der Waals surface area contributed by atoms with Crippen molar-refractivity contribution in [2.45, 2.75) is 6.92 Å². The van der Waals surface area contributed by atoms with Crippen LogP contribution in [0.5, 0.6) is 0 Å². The van der Waals surface area contributed by atoms with E-state index in [2.05, 4.69) is 9.72 Å². The van der Waals surface area contributed by atoms with Crippen LogP contribution in [-0.4, -0.2) is 28.6 Å². The number of hydrogen-bond acceptors (Lipinski definition) is 4. The van der Waals surface area contributed by atoms with Crippen LogP contribution in [0.4, 0.5) is 0 Å².